The van der Waals surface area contributed by atoms with Gasteiger partial charge in [0.25, 0.3) is 0 Å². The molecule has 0 aliphatic rings. The molecule has 5 nitrogen and oxygen atoms in total. The average Bonchev–Trinajstić information content (AvgIpc) is 2.11. The zero-order valence-corrected chi connectivity index (χ0v) is 7.13. The topological polar surface area (TPSA) is 78.0 Å². The van der Waals surface area contributed by atoms with Gasteiger partial charge in [-0.15, -0.1) is 0 Å². The van der Waals surface area contributed by atoms with E-state index < -0.39 is 10.2 Å². The molecule has 1 rings (SSSR count). The van der Waals surface area contributed by atoms with Gasteiger partial charge in [-0.1, -0.05) is 0 Å². The normalized spacial score (nSPS) is 11.8. The Bertz CT molecular complexity index is 329. The van der Waals surface area contributed by atoms with Crippen molar-refractivity contribution in [3.63, 3.8) is 0 Å². The predicted molar refractivity (Wildman–Crippen MR) is 38.4 cm³/mol. The van der Waals surface area contributed by atoms with E-state index in [0.29, 0.717) is 8.56 Å². The molecular formula is C3H4BrN3O2S. The Morgan fingerprint density at radius 1 is 1.70 bits per heavy atom. The fourth-order valence-electron chi connectivity index (χ4n) is 0.423. The Labute approximate surface area is 66.1 Å². The van der Waals surface area contributed by atoms with Crippen LogP contribution in [0.5, 0.6) is 0 Å². The molecular weight excluding hydrogens is 222 g/mol. The van der Waals surface area contributed by atoms with Gasteiger partial charge in [0, 0.05) is 0 Å². The minimum atomic E-state index is -3.71. The van der Waals surface area contributed by atoms with E-state index in [1.54, 1.807) is 0 Å². The molecule has 7 heteroatoms. The first-order valence-corrected chi connectivity index (χ1v) is 4.53. The lowest BCUT2D eigenvalue weighted by Crippen LogP contribution is -2.21. The lowest BCUT2D eigenvalue weighted by molar-refractivity contribution is 0.582. The first-order chi connectivity index (χ1) is 4.50. The summed E-state index contributed by atoms with van der Waals surface area (Å²) < 4.78 is 22.3. The second kappa shape index (κ2) is 2.33. The smallest absolute Gasteiger partial charge is 0.210 e. The van der Waals surface area contributed by atoms with Crippen LogP contribution in [0.15, 0.2) is 16.9 Å². The number of nitrogens with two attached hydrogens (primary N) is 1. The number of nitrogens with zero attached hydrogens (tertiary/aromatic N) is 2. The van der Waals surface area contributed by atoms with Crippen LogP contribution in [0.2, 0.25) is 0 Å². The van der Waals surface area contributed by atoms with E-state index in [4.69, 9.17) is 5.14 Å². The minimum absolute atomic E-state index is 0.571. The van der Waals surface area contributed by atoms with E-state index in [0.717, 1.165) is 0 Å². The molecule has 0 aliphatic heterocycles. The second-order valence-electron chi connectivity index (χ2n) is 1.58. The first kappa shape index (κ1) is 7.70. The van der Waals surface area contributed by atoms with Gasteiger partial charge in [-0.25, -0.2) is 5.14 Å². The summed E-state index contributed by atoms with van der Waals surface area (Å²) in [5.41, 5.74) is 0. The summed E-state index contributed by atoms with van der Waals surface area (Å²) in [6.45, 7) is 0. The fourth-order valence-corrected chi connectivity index (χ4v) is 1.28. The molecule has 0 aromatic carbocycles. The summed E-state index contributed by atoms with van der Waals surface area (Å²) in [7, 11) is -3.71. The summed E-state index contributed by atoms with van der Waals surface area (Å²) in [6.07, 6.45) is 2.60. The highest BCUT2D eigenvalue weighted by molar-refractivity contribution is 9.10. The van der Waals surface area contributed by atoms with E-state index >= 15 is 0 Å². The van der Waals surface area contributed by atoms with Gasteiger partial charge in [0.15, 0.2) is 0 Å². The molecule has 0 unspecified atom stereocenters. The van der Waals surface area contributed by atoms with Crippen molar-refractivity contribution in [3.05, 3.63) is 16.9 Å². The SMILES string of the molecule is NS(=O)(=O)n1cc(Br)cn1. The third kappa shape index (κ3) is 1.55. The van der Waals surface area contributed by atoms with Crippen molar-refractivity contribution in [1.29, 1.82) is 0 Å². The summed E-state index contributed by atoms with van der Waals surface area (Å²) >= 11 is 3.02. The second-order valence-corrected chi connectivity index (χ2v) is 3.90. The van der Waals surface area contributed by atoms with Gasteiger partial charge in [0.1, 0.15) is 0 Å². The van der Waals surface area contributed by atoms with Crippen molar-refractivity contribution in [2.75, 3.05) is 0 Å². The van der Waals surface area contributed by atoms with Gasteiger partial charge in [0.05, 0.1) is 16.9 Å². The summed E-state index contributed by atoms with van der Waals surface area (Å²) in [5.74, 6) is 0. The van der Waals surface area contributed by atoms with Crippen molar-refractivity contribution in [1.82, 2.24) is 9.19 Å². The van der Waals surface area contributed by atoms with Gasteiger partial charge < -0.3 is 0 Å². The van der Waals surface area contributed by atoms with Crippen LogP contribution in [-0.4, -0.2) is 17.6 Å². The summed E-state index contributed by atoms with van der Waals surface area (Å²) in [6, 6.07) is 0. The molecule has 56 valence electrons. The van der Waals surface area contributed by atoms with Gasteiger partial charge in [-0.05, 0) is 15.9 Å². The Balaban J connectivity index is 3.21. The van der Waals surface area contributed by atoms with Crippen LogP contribution in [0, 0.1) is 0 Å². The third-order valence-corrected chi connectivity index (χ3v) is 1.92. The molecule has 10 heavy (non-hydrogen) atoms. The molecule has 0 bridgehead atoms. The van der Waals surface area contributed by atoms with Crippen molar-refractivity contribution >= 4 is 26.1 Å². The van der Waals surface area contributed by atoms with Gasteiger partial charge in [-0.3, -0.25) is 0 Å². The molecule has 1 aromatic rings. The molecule has 1 heterocycles. The standard InChI is InChI=1S/C3H4BrN3O2S/c4-3-1-6-7(2-3)10(5,8)9/h1-2H,(H2,5,8,9). The highest BCUT2D eigenvalue weighted by atomic mass is 79.9. The number of halogens is 1. The van der Waals surface area contributed by atoms with E-state index in [2.05, 4.69) is 21.0 Å². The van der Waals surface area contributed by atoms with Crippen molar-refractivity contribution in [2.45, 2.75) is 0 Å². The maximum Gasteiger partial charge on any atom is 0.317 e. The Hall–Kier alpha value is -0.400. The fraction of sp³-hybridized carbons (Fsp3) is 0. The number of hydrogen-bond acceptors (Lipinski definition) is 3. The molecule has 1 aromatic heterocycles. The molecule has 2 N–H and O–H groups in total. The molecule has 0 aliphatic carbocycles. The van der Waals surface area contributed by atoms with Crippen molar-refractivity contribution in [3.8, 4) is 0 Å². The minimum Gasteiger partial charge on any atom is -0.210 e. The zero-order valence-electron chi connectivity index (χ0n) is 4.73. The van der Waals surface area contributed by atoms with Crippen LogP contribution >= 0.6 is 15.9 Å². The molecule has 0 amide bonds. The lowest BCUT2D eigenvalue weighted by Gasteiger charge is -1.92. The van der Waals surface area contributed by atoms with Crippen LogP contribution in [0.3, 0.4) is 0 Å². The van der Waals surface area contributed by atoms with Crippen molar-refractivity contribution < 1.29 is 8.42 Å². The first-order valence-electron chi connectivity index (χ1n) is 2.23. The number of rotatable bonds is 1. The Kier molecular flexibility index (Phi) is 1.80. The van der Waals surface area contributed by atoms with Crippen LogP contribution in [0.1, 0.15) is 0 Å². The largest absolute Gasteiger partial charge is 0.317 e. The van der Waals surface area contributed by atoms with Crippen LogP contribution in [-0.2, 0) is 10.2 Å². The van der Waals surface area contributed by atoms with Gasteiger partial charge in [-0.2, -0.15) is 17.6 Å². The Morgan fingerprint density at radius 3 is 2.50 bits per heavy atom. The van der Waals surface area contributed by atoms with Gasteiger partial charge >= 0.3 is 10.2 Å². The summed E-state index contributed by atoms with van der Waals surface area (Å²) in [4.78, 5) is 0. The predicted octanol–water partition coefficient (Wildman–Crippen LogP) is -0.303. The molecule has 0 radical (unpaired) electrons. The quantitative estimate of drug-likeness (QED) is 0.713. The van der Waals surface area contributed by atoms with Crippen molar-refractivity contribution in [2.24, 2.45) is 5.14 Å². The molecule has 0 fully saturated rings. The highest BCUT2D eigenvalue weighted by Gasteiger charge is 2.05. The van der Waals surface area contributed by atoms with E-state index in [9.17, 15) is 8.42 Å². The molecule has 0 spiro atoms. The van der Waals surface area contributed by atoms with E-state index in [-0.39, 0.29) is 0 Å². The van der Waals surface area contributed by atoms with Crippen LogP contribution in [0.4, 0.5) is 0 Å². The Morgan fingerprint density at radius 2 is 2.30 bits per heavy atom. The third-order valence-electron chi connectivity index (χ3n) is 0.789. The molecule has 0 saturated heterocycles. The van der Waals surface area contributed by atoms with E-state index in [1.165, 1.54) is 12.4 Å². The van der Waals surface area contributed by atoms with Crippen LogP contribution in [0.25, 0.3) is 0 Å². The van der Waals surface area contributed by atoms with Crippen LogP contribution < -0.4 is 5.14 Å². The number of hydrogen-bond donors (Lipinski definition) is 1. The number of aromatic nitrogens is 2. The van der Waals surface area contributed by atoms with E-state index in [1.807, 2.05) is 0 Å². The summed E-state index contributed by atoms with van der Waals surface area (Å²) in [5, 5.41) is 8.17. The molecule has 0 atom stereocenters. The lowest BCUT2D eigenvalue weighted by atomic mass is 10.8. The zero-order chi connectivity index (χ0) is 7.78. The average molecular weight is 226 g/mol. The highest BCUT2D eigenvalue weighted by Crippen LogP contribution is 2.06. The monoisotopic (exact) mass is 225 g/mol. The molecule has 0 saturated carbocycles. The maximum atomic E-state index is 10.5. The maximum absolute atomic E-state index is 10.5. The van der Waals surface area contributed by atoms with Gasteiger partial charge in [0.2, 0.25) is 0 Å².